The van der Waals surface area contributed by atoms with Crippen molar-refractivity contribution in [1.29, 1.82) is 0 Å². The molecule has 0 amide bonds. The van der Waals surface area contributed by atoms with Crippen molar-refractivity contribution in [2.45, 2.75) is 11.7 Å². The van der Waals surface area contributed by atoms with Gasteiger partial charge in [-0.25, -0.2) is 4.68 Å². The third-order valence-corrected chi connectivity index (χ3v) is 2.10. The summed E-state index contributed by atoms with van der Waals surface area (Å²) in [6.45, 7) is 1.25. The molecule has 68 valence electrons. The minimum absolute atomic E-state index is 0.125. The summed E-state index contributed by atoms with van der Waals surface area (Å²) in [6.07, 6.45) is 0. The SMILES string of the molecule is NCCn1nnnc1SCCO. The van der Waals surface area contributed by atoms with E-state index in [1.807, 2.05) is 0 Å². The molecule has 0 aliphatic rings. The summed E-state index contributed by atoms with van der Waals surface area (Å²) in [7, 11) is 0. The van der Waals surface area contributed by atoms with Crippen LogP contribution >= 0.6 is 11.8 Å². The molecule has 0 spiro atoms. The molecule has 1 aromatic heterocycles. The Morgan fingerprint density at radius 1 is 1.58 bits per heavy atom. The van der Waals surface area contributed by atoms with Gasteiger partial charge in [-0.2, -0.15) is 0 Å². The predicted molar refractivity (Wildman–Crippen MR) is 44.7 cm³/mol. The van der Waals surface area contributed by atoms with E-state index in [1.165, 1.54) is 11.8 Å². The van der Waals surface area contributed by atoms with Gasteiger partial charge in [0.05, 0.1) is 13.2 Å². The third kappa shape index (κ3) is 2.43. The van der Waals surface area contributed by atoms with Crippen molar-refractivity contribution in [2.24, 2.45) is 5.73 Å². The smallest absolute Gasteiger partial charge is 0.209 e. The van der Waals surface area contributed by atoms with Crippen LogP contribution in [0.3, 0.4) is 0 Å². The van der Waals surface area contributed by atoms with Crippen molar-refractivity contribution in [3.63, 3.8) is 0 Å². The second-order valence-electron chi connectivity index (χ2n) is 2.05. The number of hydrogen-bond donors (Lipinski definition) is 2. The Morgan fingerprint density at radius 3 is 3.08 bits per heavy atom. The molecule has 6 nitrogen and oxygen atoms in total. The summed E-state index contributed by atoms with van der Waals surface area (Å²) in [5.74, 6) is 0.602. The van der Waals surface area contributed by atoms with Crippen LogP contribution in [0.5, 0.6) is 0 Å². The van der Waals surface area contributed by atoms with Crippen LogP contribution in [0.4, 0.5) is 0 Å². The maximum Gasteiger partial charge on any atom is 0.209 e. The van der Waals surface area contributed by atoms with Crippen molar-refractivity contribution in [3.05, 3.63) is 0 Å². The number of nitrogens with two attached hydrogens (primary N) is 1. The summed E-state index contributed by atoms with van der Waals surface area (Å²) in [6, 6.07) is 0. The first-order chi connectivity index (χ1) is 5.88. The number of rotatable bonds is 5. The summed E-state index contributed by atoms with van der Waals surface area (Å²) in [5.41, 5.74) is 5.34. The average Bonchev–Trinajstić information content (AvgIpc) is 2.50. The number of aromatic nitrogens is 4. The normalized spacial score (nSPS) is 10.5. The number of hydrogen-bond acceptors (Lipinski definition) is 6. The number of thioether (sulfide) groups is 1. The van der Waals surface area contributed by atoms with Crippen LogP contribution in [0.25, 0.3) is 0 Å². The zero-order chi connectivity index (χ0) is 8.81. The number of aliphatic hydroxyl groups excluding tert-OH is 1. The van der Waals surface area contributed by atoms with Gasteiger partial charge >= 0.3 is 0 Å². The largest absolute Gasteiger partial charge is 0.396 e. The van der Waals surface area contributed by atoms with E-state index in [-0.39, 0.29) is 6.61 Å². The predicted octanol–water partition coefficient (Wildman–Crippen LogP) is -1.28. The maximum absolute atomic E-state index is 8.56. The molecular formula is C5H11N5OS. The van der Waals surface area contributed by atoms with Gasteiger partial charge in [0.25, 0.3) is 0 Å². The molecule has 0 radical (unpaired) electrons. The number of aliphatic hydroxyl groups is 1. The van der Waals surface area contributed by atoms with Crippen LogP contribution in [-0.4, -0.2) is 44.2 Å². The van der Waals surface area contributed by atoms with E-state index in [0.717, 1.165) is 0 Å². The molecule has 7 heteroatoms. The van der Waals surface area contributed by atoms with Crippen LogP contribution in [-0.2, 0) is 6.54 Å². The van der Waals surface area contributed by atoms with Gasteiger partial charge in [0, 0.05) is 12.3 Å². The Morgan fingerprint density at radius 2 is 2.42 bits per heavy atom. The molecular weight excluding hydrogens is 178 g/mol. The van der Waals surface area contributed by atoms with Crippen LogP contribution in [0.1, 0.15) is 0 Å². The van der Waals surface area contributed by atoms with Gasteiger partial charge in [-0.3, -0.25) is 0 Å². The van der Waals surface area contributed by atoms with Gasteiger partial charge in [-0.05, 0) is 10.4 Å². The number of nitrogens with zero attached hydrogens (tertiary/aromatic N) is 4. The highest BCUT2D eigenvalue weighted by Crippen LogP contribution is 2.11. The summed E-state index contributed by atoms with van der Waals surface area (Å²) >= 11 is 1.41. The Kier molecular flexibility index (Phi) is 3.98. The molecule has 0 aliphatic heterocycles. The van der Waals surface area contributed by atoms with Gasteiger partial charge < -0.3 is 10.8 Å². The van der Waals surface area contributed by atoms with Gasteiger partial charge in [-0.1, -0.05) is 11.8 Å². The molecule has 0 saturated heterocycles. The van der Waals surface area contributed by atoms with E-state index in [2.05, 4.69) is 15.5 Å². The van der Waals surface area contributed by atoms with E-state index in [4.69, 9.17) is 10.8 Å². The Balaban J connectivity index is 2.51. The lowest BCUT2D eigenvalue weighted by molar-refractivity contribution is 0.322. The molecule has 1 heterocycles. The van der Waals surface area contributed by atoms with E-state index >= 15 is 0 Å². The third-order valence-electron chi connectivity index (χ3n) is 1.16. The molecule has 0 aliphatic carbocycles. The van der Waals surface area contributed by atoms with E-state index < -0.39 is 0 Å². The first-order valence-corrected chi connectivity index (χ1v) is 4.57. The van der Waals surface area contributed by atoms with E-state index in [9.17, 15) is 0 Å². The standard InChI is InChI=1S/C5H11N5OS/c6-1-2-10-5(7-8-9-10)12-4-3-11/h11H,1-4,6H2. The van der Waals surface area contributed by atoms with Crippen LogP contribution in [0.15, 0.2) is 5.16 Å². The quantitative estimate of drug-likeness (QED) is 0.560. The van der Waals surface area contributed by atoms with Crippen molar-refractivity contribution >= 4 is 11.8 Å². The summed E-state index contributed by atoms with van der Waals surface area (Å²) < 4.78 is 1.63. The zero-order valence-corrected chi connectivity index (χ0v) is 7.37. The number of tetrazole rings is 1. The van der Waals surface area contributed by atoms with Gasteiger partial charge in [0.2, 0.25) is 5.16 Å². The Labute approximate surface area is 74.1 Å². The molecule has 0 bridgehead atoms. The lowest BCUT2D eigenvalue weighted by Gasteiger charge is -1.99. The molecule has 0 atom stereocenters. The highest BCUT2D eigenvalue weighted by molar-refractivity contribution is 7.99. The highest BCUT2D eigenvalue weighted by Gasteiger charge is 2.03. The molecule has 0 saturated carbocycles. The summed E-state index contributed by atoms with van der Waals surface area (Å²) in [5, 5.41) is 20.3. The van der Waals surface area contributed by atoms with Crippen LogP contribution in [0.2, 0.25) is 0 Å². The fraction of sp³-hybridized carbons (Fsp3) is 0.800. The fourth-order valence-corrected chi connectivity index (χ4v) is 1.34. The van der Waals surface area contributed by atoms with Crippen molar-refractivity contribution in [3.8, 4) is 0 Å². The molecule has 1 aromatic rings. The molecule has 3 N–H and O–H groups in total. The van der Waals surface area contributed by atoms with Crippen molar-refractivity contribution in [1.82, 2.24) is 20.2 Å². The van der Waals surface area contributed by atoms with Gasteiger partial charge in [-0.15, -0.1) is 5.10 Å². The van der Waals surface area contributed by atoms with Crippen molar-refractivity contribution < 1.29 is 5.11 Å². The second kappa shape index (κ2) is 5.07. The first kappa shape index (κ1) is 9.43. The monoisotopic (exact) mass is 189 g/mol. The molecule has 0 fully saturated rings. The van der Waals surface area contributed by atoms with Crippen LogP contribution < -0.4 is 5.73 Å². The fourth-order valence-electron chi connectivity index (χ4n) is 0.699. The molecule has 1 rings (SSSR count). The van der Waals surface area contributed by atoms with Gasteiger partial charge in [0.1, 0.15) is 0 Å². The minimum Gasteiger partial charge on any atom is -0.396 e. The van der Waals surface area contributed by atoms with Crippen molar-refractivity contribution in [2.75, 3.05) is 18.9 Å². The van der Waals surface area contributed by atoms with E-state index in [0.29, 0.717) is 24.0 Å². The Bertz CT molecular complexity index is 227. The molecule has 0 aromatic carbocycles. The second-order valence-corrected chi connectivity index (χ2v) is 3.11. The minimum atomic E-state index is 0.125. The lowest BCUT2D eigenvalue weighted by Crippen LogP contribution is -2.12. The summed E-state index contributed by atoms with van der Waals surface area (Å²) in [4.78, 5) is 0. The zero-order valence-electron chi connectivity index (χ0n) is 6.55. The van der Waals surface area contributed by atoms with Crippen LogP contribution in [0, 0.1) is 0 Å². The highest BCUT2D eigenvalue weighted by atomic mass is 32.2. The topological polar surface area (TPSA) is 89.9 Å². The first-order valence-electron chi connectivity index (χ1n) is 3.58. The van der Waals surface area contributed by atoms with E-state index in [1.54, 1.807) is 4.68 Å². The molecule has 0 unspecified atom stereocenters. The van der Waals surface area contributed by atoms with Gasteiger partial charge in [0.15, 0.2) is 0 Å². The average molecular weight is 189 g/mol. The Hall–Kier alpha value is -0.660. The maximum atomic E-state index is 8.56. The molecule has 12 heavy (non-hydrogen) atoms. The lowest BCUT2D eigenvalue weighted by atomic mass is 10.7.